The number of anilines is 3. The number of rotatable bonds is 5. The van der Waals surface area contributed by atoms with Gasteiger partial charge in [-0.15, -0.1) is 0 Å². The Balaban J connectivity index is 1.81. The summed E-state index contributed by atoms with van der Waals surface area (Å²) in [6.45, 7) is 4.17. The van der Waals surface area contributed by atoms with Gasteiger partial charge in [-0.05, 0) is 54.8 Å². The molecular formula is C22H20N4O. The van der Waals surface area contributed by atoms with Crippen molar-refractivity contribution in [3.63, 3.8) is 0 Å². The van der Waals surface area contributed by atoms with E-state index in [1.807, 2.05) is 12.1 Å². The van der Waals surface area contributed by atoms with Crippen LogP contribution in [0.3, 0.4) is 0 Å². The zero-order valence-electron chi connectivity index (χ0n) is 15.3. The Hall–Kier alpha value is -3.65. The second-order valence-electron chi connectivity index (χ2n) is 6.16. The number of hydrogen-bond donors (Lipinski definition) is 2. The van der Waals surface area contributed by atoms with E-state index in [2.05, 4.69) is 47.7 Å². The van der Waals surface area contributed by atoms with Gasteiger partial charge in [0.2, 0.25) is 0 Å². The van der Waals surface area contributed by atoms with Crippen molar-refractivity contribution < 1.29 is 4.79 Å². The normalized spacial score (nSPS) is 10.1. The summed E-state index contributed by atoms with van der Waals surface area (Å²) in [6, 6.07) is 18.6. The van der Waals surface area contributed by atoms with Gasteiger partial charge in [-0.2, -0.15) is 5.26 Å². The van der Waals surface area contributed by atoms with Gasteiger partial charge in [0.1, 0.15) is 5.69 Å². The summed E-state index contributed by atoms with van der Waals surface area (Å²) < 4.78 is 0. The summed E-state index contributed by atoms with van der Waals surface area (Å²) >= 11 is 0. The number of pyridine rings is 1. The van der Waals surface area contributed by atoms with Crippen LogP contribution in [0.5, 0.6) is 0 Å². The van der Waals surface area contributed by atoms with Gasteiger partial charge in [-0.1, -0.05) is 31.2 Å². The Bertz CT molecular complexity index is 1020. The Morgan fingerprint density at radius 1 is 1.11 bits per heavy atom. The van der Waals surface area contributed by atoms with Crippen LogP contribution < -0.4 is 10.6 Å². The van der Waals surface area contributed by atoms with E-state index in [0.29, 0.717) is 16.9 Å². The maximum Gasteiger partial charge on any atom is 0.274 e. The maximum absolute atomic E-state index is 12.5. The molecule has 3 rings (SSSR count). The molecule has 0 radical (unpaired) electrons. The predicted molar refractivity (Wildman–Crippen MR) is 107 cm³/mol. The van der Waals surface area contributed by atoms with Crippen LogP contribution >= 0.6 is 0 Å². The van der Waals surface area contributed by atoms with Crippen LogP contribution in [0.25, 0.3) is 0 Å². The van der Waals surface area contributed by atoms with Crippen molar-refractivity contribution in [2.45, 2.75) is 20.3 Å². The first-order valence-corrected chi connectivity index (χ1v) is 8.73. The first-order chi connectivity index (χ1) is 13.1. The summed E-state index contributed by atoms with van der Waals surface area (Å²) in [6.07, 6.45) is 2.52. The molecule has 1 aromatic heterocycles. The summed E-state index contributed by atoms with van der Waals surface area (Å²) in [4.78, 5) is 16.7. The van der Waals surface area contributed by atoms with Crippen molar-refractivity contribution in [3.8, 4) is 6.07 Å². The monoisotopic (exact) mass is 356 g/mol. The minimum atomic E-state index is -0.325. The fourth-order valence-corrected chi connectivity index (χ4v) is 2.84. The summed E-state index contributed by atoms with van der Waals surface area (Å²) in [5, 5.41) is 15.2. The quantitative estimate of drug-likeness (QED) is 0.687. The molecule has 3 aromatic rings. The van der Waals surface area contributed by atoms with E-state index in [1.165, 1.54) is 5.56 Å². The number of carbonyl (C=O) groups excluding carboxylic acids is 1. The highest BCUT2D eigenvalue weighted by atomic mass is 16.1. The van der Waals surface area contributed by atoms with Crippen LogP contribution in [0.2, 0.25) is 0 Å². The van der Waals surface area contributed by atoms with Crippen LogP contribution in [0.1, 0.15) is 34.1 Å². The van der Waals surface area contributed by atoms with E-state index in [-0.39, 0.29) is 5.91 Å². The molecule has 2 aromatic carbocycles. The Morgan fingerprint density at radius 3 is 2.70 bits per heavy atom. The molecule has 0 aliphatic rings. The molecule has 0 bridgehead atoms. The average molecular weight is 356 g/mol. The number of nitriles is 1. The van der Waals surface area contributed by atoms with E-state index in [1.54, 1.807) is 36.5 Å². The maximum atomic E-state index is 12.5. The molecule has 27 heavy (non-hydrogen) atoms. The number of amides is 1. The minimum absolute atomic E-state index is 0.300. The van der Waals surface area contributed by atoms with E-state index >= 15 is 0 Å². The van der Waals surface area contributed by atoms with Crippen molar-refractivity contribution in [2.24, 2.45) is 0 Å². The lowest BCUT2D eigenvalue weighted by Crippen LogP contribution is -2.14. The van der Waals surface area contributed by atoms with E-state index in [4.69, 9.17) is 5.26 Å². The predicted octanol–water partition coefficient (Wildman–Crippen LogP) is 4.82. The lowest BCUT2D eigenvalue weighted by molar-refractivity contribution is 0.102. The molecule has 5 heteroatoms. The SMILES string of the molecule is CCc1cccc(C)c1Nc1ccnc(C(=O)Nc2cccc(C#N)c2)c1. The van der Waals surface area contributed by atoms with Crippen LogP contribution in [-0.4, -0.2) is 10.9 Å². The summed E-state index contributed by atoms with van der Waals surface area (Å²) in [7, 11) is 0. The number of benzene rings is 2. The molecule has 0 aliphatic carbocycles. The molecule has 1 heterocycles. The number of carbonyl (C=O) groups is 1. The van der Waals surface area contributed by atoms with Crippen LogP contribution in [-0.2, 0) is 6.42 Å². The lowest BCUT2D eigenvalue weighted by atomic mass is 10.1. The molecule has 134 valence electrons. The van der Waals surface area contributed by atoms with Gasteiger partial charge in [0.05, 0.1) is 11.6 Å². The van der Waals surface area contributed by atoms with Crippen LogP contribution in [0.4, 0.5) is 17.1 Å². The fraction of sp³-hybridized carbons (Fsp3) is 0.136. The minimum Gasteiger partial charge on any atom is -0.355 e. The molecule has 0 fully saturated rings. The first-order valence-electron chi connectivity index (χ1n) is 8.73. The molecule has 0 spiro atoms. The molecule has 2 N–H and O–H groups in total. The number of para-hydroxylation sites is 1. The van der Waals surface area contributed by atoms with Gasteiger partial charge in [-0.25, -0.2) is 0 Å². The van der Waals surface area contributed by atoms with Gasteiger partial charge in [0.25, 0.3) is 5.91 Å². The molecule has 0 saturated carbocycles. The van der Waals surface area contributed by atoms with Crippen molar-refractivity contribution >= 4 is 23.0 Å². The van der Waals surface area contributed by atoms with Crippen LogP contribution in [0.15, 0.2) is 60.8 Å². The Labute approximate surface area is 158 Å². The third-order valence-corrected chi connectivity index (χ3v) is 4.25. The van der Waals surface area contributed by atoms with E-state index in [9.17, 15) is 4.79 Å². The number of aryl methyl sites for hydroxylation is 2. The molecule has 0 saturated heterocycles. The molecular weight excluding hydrogens is 336 g/mol. The number of aromatic nitrogens is 1. The van der Waals surface area contributed by atoms with Gasteiger partial charge in [0, 0.05) is 23.3 Å². The second kappa shape index (κ2) is 8.15. The highest BCUT2D eigenvalue weighted by Crippen LogP contribution is 2.25. The standard InChI is InChI=1S/C22H20N4O/c1-3-17-8-4-6-15(2)21(17)25-19-10-11-24-20(13-19)22(27)26-18-9-5-7-16(12-18)14-23/h4-13H,3H2,1-2H3,(H,24,25)(H,26,27). The highest BCUT2D eigenvalue weighted by Gasteiger charge is 2.10. The molecule has 0 aliphatic heterocycles. The number of hydrogen-bond acceptors (Lipinski definition) is 4. The van der Waals surface area contributed by atoms with Gasteiger partial charge in [-0.3, -0.25) is 9.78 Å². The third-order valence-electron chi connectivity index (χ3n) is 4.25. The second-order valence-corrected chi connectivity index (χ2v) is 6.16. The van der Waals surface area contributed by atoms with Crippen molar-refractivity contribution in [3.05, 3.63) is 83.2 Å². The van der Waals surface area contributed by atoms with Crippen molar-refractivity contribution in [1.29, 1.82) is 5.26 Å². The van der Waals surface area contributed by atoms with E-state index < -0.39 is 0 Å². The van der Waals surface area contributed by atoms with Gasteiger partial charge in [0.15, 0.2) is 0 Å². The highest BCUT2D eigenvalue weighted by molar-refractivity contribution is 6.03. The van der Waals surface area contributed by atoms with Crippen LogP contribution in [0, 0.1) is 18.3 Å². The third kappa shape index (κ3) is 4.31. The van der Waals surface area contributed by atoms with Gasteiger partial charge >= 0.3 is 0 Å². The molecule has 5 nitrogen and oxygen atoms in total. The smallest absolute Gasteiger partial charge is 0.274 e. The molecule has 1 amide bonds. The topological polar surface area (TPSA) is 77.8 Å². The van der Waals surface area contributed by atoms with Gasteiger partial charge < -0.3 is 10.6 Å². The van der Waals surface area contributed by atoms with Crippen molar-refractivity contribution in [1.82, 2.24) is 4.98 Å². The average Bonchev–Trinajstić information content (AvgIpc) is 2.70. The Morgan fingerprint density at radius 2 is 1.93 bits per heavy atom. The zero-order chi connectivity index (χ0) is 19.2. The molecule has 0 atom stereocenters. The number of nitrogens with one attached hydrogen (secondary N) is 2. The summed E-state index contributed by atoms with van der Waals surface area (Å²) in [5.41, 5.74) is 5.56. The summed E-state index contributed by atoms with van der Waals surface area (Å²) in [5.74, 6) is -0.325. The van der Waals surface area contributed by atoms with E-state index in [0.717, 1.165) is 23.4 Å². The Kier molecular flexibility index (Phi) is 5.48. The first kappa shape index (κ1) is 18.2. The largest absolute Gasteiger partial charge is 0.355 e. The lowest BCUT2D eigenvalue weighted by Gasteiger charge is -2.14. The molecule has 0 unspecified atom stereocenters. The van der Waals surface area contributed by atoms with Crippen molar-refractivity contribution in [2.75, 3.05) is 10.6 Å². The number of nitrogens with zero attached hydrogens (tertiary/aromatic N) is 2. The zero-order valence-corrected chi connectivity index (χ0v) is 15.3. The fourth-order valence-electron chi connectivity index (χ4n) is 2.84.